The zero-order valence-corrected chi connectivity index (χ0v) is 14.2. The van der Waals surface area contributed by atoms with Crippen LogP contribution in [0, 0.1) is 0 Å². The minimum Gasteiger partial charge on any atom is -0.479 e. The van der Waals surface area contributed by atoms with Gasteiger partial charge in [0.25, 0.3) is 0 Å². The lowest BCUT2D eigenvalue weighted by Gasteiger charge is -2.34. The van der Waals surface area contributed by atoms with E-state index in [-0.39, 0.29) is 5.78 Å². The van der Waals surface area contributed by atoms with Crippen molar-refractivity contribution >= 4 is 22.3 Å². The molecule has 1 aromatic carbocycles. The second-order valence-electron chi connectivity index (χ2n) is 6.74. The Morgan fingerprint density at radius 2 is 1.80 bits per heavy atom. The summed E-state index contributed by atoms with van der Waals surface area (Å²) in [6, 6.07) is 6.71. The number of ketones is 1. The molecule has 1 aromatic heterocycles. The summed E-state index contributed by atoms with van der Waals surface area (Å²) < 4.78 is 16.7. The Kier molecular flexibility index (Phi) is 3.65. The van der Waals surface area contributed by atoms with Crippen LogP contribution in [0.2, 0.25) is 0 Å². The number of carbonyl (C=O) groups is 1. The van der Waals surface area contributed by atoms with Crippen molar-refractivity contribution in [3.63, 3.8) is 0 Å². The van der Waals surface area contributed by atoms with Gasteiger partial charge < -0.3 is 18.8 Å². The van der Waals surface area contributed by atoms with E-state index in [0.29, 0.717) is 48.8 Å². The summed E-state index contributed by atoms with van der Waals surface area (Å²) >= 11 is 0. The maximum Gasteiger partial charge on any atom is 0.336 e. The first-order chi connectivity index (χ1) is 12.0. The number of carbonyl (C=O) groups excluding carboxylic acids is 1. The largest absolute Gasteiger partial charge is 0.479 e. The maximum absolute atomic E-state index is 13.0. The SMILES string of the molecule is CC1(C)Oc2ccc3ccc(=O)oc3c2/C(=C/N2CCOCC2)C1=O. The molecule has 2 aliphatic rings. The molecule has 6 heteroatoms. The fourth-order valence-corrected chi connectivity index (χ4v) is 3.23. The van der Waals surface area contributed by atoms with E-state index < -0.39 is 11.2 Å². The second-order valence-corrected chi connectivity index (χ2v) is 6.74. The topological polar surface area (TPSA) is 69.0 Å². The molecule has 3 heterocycles. The molecule has 0 radical (unpaired) electrons. The highest BCUT2D eigenvalue weighted by Crippen LogP contribution is 2.41. The highest BCUT2D eigenvalue weighted by Gasteiger charge is 2.40. The lowest BCUT2D eigenvalue weighted by atomic mass is 9.87. The Hall–Kier alpha value is -2.60. The monoisotopic (exact) mass is 341 g/mol. The van der Waals surface area contributed by atoms with E-state index in [2.05, 4.69) is 4.90 Å². The van der Waals surface area contributed by atoms with E-state index in [1.807, 2.05) is 18.3 Å². The van der Waals surface area contributed by atoms with Crippen LogP contribution in [0.25, 0.3) is 16.5 Å². The molecule has 1 saturated heterocycles. The molecule has 0 aliphatic carbocycles. The molecule has 0 amide bonds. The van der Waals surface area contributed by atoms with Crippen molar-refractivity contribution in [2.24, 2.45) is 0 Å². The molecule has 25 heavy (non-hydrogen) atoms. The molecular weight excluding hydrogens is 322 g/mol. The van der Waals surface area contributed by atoms with Crippen molar-refractivity contribution in [1.29, 1.82) is 0 Å². The highest BCUT2D eigenvalue weighted by atomic mass is 16.5. The fourth-order valence-electron chi connectivity index (χ4n) is 3.23. The van der Waals surface area contributed by atoms with Gasteiger partial charge in [-0.05, 0) is 32.0 Å². The Morgan fingerprint density at radius 1 is 1.08 bits per heavy atom. The van der Waals surface area contributed by atoms with Crippen LogP contribution < -0.4 is 10.4 Å². The number of hydrogen-bond acceptors (Lipinski definition) is 6. The van der Waals surface area contributed by atoms with Crippen LogP contribution in [0.1, 0.15) is 19.4 Å². The first-order valence-corrected chi connectivity index (χ1v) is 8.30. The van der Waals surface area contributed by atoms with Gasteiger partial charge in [0.2, 0.25) is 5.78 Å². The fraction of sp³-hybridized carbons (Fsp3) is 0.368. The molecule has 2 aliphatic heterocycles. The number of Topliss-reactive ketones (excluding diaryl/α,β-unsaturated/α-hetero) is 1. The zero-order chi connectivity index (χ0) is 17.6. The van der Waals surface area contributed by atoms with Crippen molar-refractivity contribution in [1.82, 2.24) is 4.90 Å². The smallest absolute Gasteiger partial charge is 0.336 e. The van der Waals surface area contributed by atoms with E-state index in [4.69, 9.17) is 13.9 Å². The molecule has 6 nitrogen and oxygen atoms in total. The number of morpholine rings is 1. The van der Waals surface area contributed by atoms with E-state index >= 15 is 0 Å². The van der Waals surface area contributed by atoms with Crippen LogP contribution in [0.5, 0.6) is 5.75 Å². The third kappa shape index (κ3) is 2.72. The van der Waals surface area contributed by atoms with Gasteiger partial charge >= 0.3 is 5.63 Å². The molecule has 0 spiro atoms. The summed E-state index contributed by atoms with van der Waals surface area (Å²) in [6.45, 7) is 6.16. The molecule has 0 N–H and O–H groups in total. The van der Waals surface area contributed by atoms with Crippen molar-refractivity contribution in [3.05, 3.63) is 46.4 Å². The van der Waals surface area contributed by atoms with E-state index in [9.17, 15) is 9.59 Å². The van der Waals surface area contributed by atoms with Gasteiger partial charge in [-0.3, -0.25) is 4.79 Å². The summed E-state index contributed by atoms with van der Waals surface area (Å²) in [6.07, 6.45) is 1.85. The molecule has 1 fully saturated rings. The third-order valence-corrected chi connectivity index (χ3v) is 4.53. The van der Waals surface area contributed by atoms with Gasteiger partial charge in [-0.25, -0.2) is 4.79 Å². The van der Waals surface area contributed by atoms with Gasteiger partial charge in [0.05, 0.1) is 24.4 Å². The minimum atomic E-state index is -0.978. The average molecular weight is 341 g/mol. The summed E-state index contributed by atoms with van der Waals surface area (Å²) in [4.78, 5) is 26.8. The maximum atomic E-state index is 13.0. The first-order valence-electron chi connectivity index (χ1n) is 8.30. The second kappa shape index (κ2) is 5.74. The predicted octanol–water partition coefficient (Wildman–Crippen LogP) is 2.21. The number of nitrogens with zero attached hydrogens (tertiary/aromatic N) is 1. The number of fused-ring (bicyclic) bond motifs is 3. The molecule has 0 saturated carbocycles. The Labute approximate surface area is 144 Å². The van der Waals surface area contributed by atoms with Gasteiger partial charge in [0.15, 0.2) is 5.60 Å². The van der Waals surface area contributed by atoms with E-state index in [1.54, 1.807) is 19.9 Å². The standard InChI is InChI=1S/C19H19NO5/c1-19(2)18(22)13(11-20-7-9-23-10-8-20)16-14(25-19)5-3-12-4-6-15(21)24-17(12)16/h3-6,11H,7-10H2,1-2H3/b13-11-. The van der Waals surface area contributed by atoms with Crippen LogP contribution in [-0.2, 0) is 9.53 Å². The molecule has 2 aromatic rings. The van der Waals surface area contributed by atoms with Crippen LogP contribution in [-0.4, -0.2) is 42.6 Å². The van der Waals surface area contributed by atoms with Crippen molar-refractivity contribution in [3.8, 4) is 5.75 Å². The molecule has 0 atom stereocenters. The third-order valence-electron chi connectivity index (χ3n) is 4.53. The highest BCUT2D eigenvalue weighted by molar-refractivity contribution is 6.28. The predicted molar refractivity (Wildman–Crippen MR) is 92.6 cm³/mol. The summed E-state index contributed by atoms with van der Waals surface area (Å²) in [5, 5.41) is 0.752. The number of rotatable bonds is 1. The van der Waals surface area contributed by atoms with Crippen molar-refractivity contribution < 1.29 is 18.7 Å². The minimum absolute atomic E-state index is 0.134. The lowest BCUT2D eigenvalue weighted by molar-refractivity contribution is -0.126. The number of ether oxygens (including phenoxy) is 2. The quantitative estimate of drug-likeness (QED) is 0.585. The normalized spacial score (nSPS) is 21.3. The van der Waals surface area contributed by atoms with Crippen LogP contribution >= 0.6 is 0 Å². The summed E-state index contributed by atoms with van der Waals surface area (Å²) in [7, 11) is 0. The molecule has 4 rings (SSSR count). The average Bonchev–Trinajstić information content (AvgIpc) is 2.59. The van der Waals surface area contributed by atoms with Gasteiger partial charge in [0, 0.05) is 30.7 Å². The van der Waals surface area contributed by atoms with Crippen molar-refractivity contribution in [2.45, 2.75) is 19.4 Å². The Balaban J connectivity index is 1.96. The van der Waals surface area contributed by atoms with Crippen LogP contribution in [0.15, 0.2) is 39.7 Å². The zero-order valence-electron chi connectivity index (χ0n) is 14.2. The molecular formula is C19H19NO5. The van der Waals surface area contributed by atoms with Crippen molar-refractivity contribution in [2.75, 3.05) is 26.3 Å². The van der Waals surface area contributed by atoms with Crippen LogP contribution in [0.4, 0.5) is 0 Å². The van der Waals surface area contributed by atoms with Gasteiger partial charge in [0.1, 0.15) is 11.3 Å². The van der Waals surface area contributed by atoms with Crippen LogP contribution in [0.3, 0.4) is 0 Å². The van der Waals surface area contributed by atoms with Gasteiger partial charge in [-0.1, -0.05) is 0 Å². The van der Waals surface area contributed by atoms with Gasteiger partial charge in [-0.15, -0.1) is 0 Å². The number of benzene rings is 1. The molecule has 0 unspecified atom stereocenters. The van der Waals surface area contributed by atoms with E-state index in [0.717, 1.165) is 5.39 Å². The molecule has 130 valence electrons. The molecule has 0 bridgehead atoms. The number of hydrogen-bond donors (Lipinski definition) is 0. The summed E-state index contributed by atoms with van der Waals surface area (Å²) in [5.74, 6) is 0.413. The van der Waals surface area contributed by atoms with Gasteiger partial charge in [-0.2, -0.15) is 0 Å². The Morgan fingerprint density at radius 3 is 2.56 bits per heavy atom. The Bertz CT molecular complexity index is 934. The first kappa shape index (κ1) is 15.9. The van der Waals surface area contributed by atoms with E-state index in [1.165, 1.54) is 6.07 Å². The summed E-state index contributed by atoms with van der Waals surface area (Å²) in [5.41, 5.74) is 0.00446. The lowest BCUT2D eigenvalue weighted by Crippen LogP contribution is -2.43.